The highest BCUT2D eigenvalue weighted by atomic mass is 19.1. The highest BCUT2D eigenvalue weighted by Gasteiger charge is 2.45. The molecule has 1 aromatic carbocycles. The number of aromatic nitrogens is 2. The summed E-state index contributed by atoms with van der Waals surface area (Å²) >= 11 is 0. The van der Waals surface area contributed by atoms with Crippen molar-refractivity contribution in [3.05, 3.63) is 65.8 Å². The van der Waals surface area contributed by atoms with Crippen LogP contribution in [0.1, 0.15) is 43.9 Å². The third-order valence-corrected chi connectivity index (χ3v) is 6.22. The smallest absolute Gasteiger partial charge is 0.123 e. The van der Waals surface area contributed by atoms with E-state index in [9.17, 15) is 9.50 Å². The van der Waals surface area contributed by atoms with Gasteiger partial charge < -0.3 is 5.11 Å². The first kappa shape index (κ1) is 17.2. The van der Waals surface area contributed by atoms with E-state index in [1.54, 1.807) is 18.2 Å². The quantitative estimate of drug-likeness (QED) is 0.793. The molecule has 0 bridgehead atoms. The summed E-state index contributed by atoms with van der Waals surface area (Å²) in [7, 11) is 0. The third kappa shape index (κ3) is 2.82. The Bertz CT molecular complexity index is 852. The zero-order valence-corrected chi connectivity index (χ0v) is 15.2. The fourth-order valence-corrected chi connectivity index (χ4v) is 4.72. The van der Waals surface area contributed by atoms with Gasteiger partial charge in [-0.3, -0.25) is 0 Å². The molecule has 0 radical (unpaired) electrons. The molecule has 1 heterocycles. The number of rotatable bonds is 5. The van der Waals surface area contributed by atoms with Crippen molar-refractivity contribution < 1.29 is 9.50 Å². The molecule has 3 atom stereocenters. The van der Waals surface area contributed by atoms with Gasteiger partial charge in [0.1, 0.15) is 5.82 Å². The topological polar surface area (TPSA) is 38.1 Å². The number of halogens is 1. The fraction of sp³-hybridized carbons (Fsp3) is 0.409. The normalized spacial score (nSPS) is 25.3. The van der Waals surface area contributed by atoms with Gasteiger partial charge in [0, 0.05) is 0 Å². The molecule has 1 fully saturated rings. The highest BCUT2D eigenvalue weighted by molar-refractivity contribution is 5.61. The van der Waals surface area contributed by atoms with Gasteiger partial charge in [0.25, 0.3) is 0 Å². The minimum absolute atomic E-state index is 0.0891. The van der Waals surface area contributed by atoms with Crippen molar-refractivity contribution in [1.29, 1.82) is 0 Å². The van der Waals surface area contributed by atoms with Crippen LogP contribution in [0.3, 0.4) is 0 Å². The molecule has 0 spiro atoms. The molecule has 0 saturated heterocycles. The van der Waals surface area contributed by atoms with E-state index in [4.69, 9.17) is 0 Å². The Morgan fingerprint density at radius 1 is 1.42 bits per heavy atom. The van der Waals surface area contributed by atoms with Crippen molar-refractivity contribution in [2.24, 2.45) is 11.3 Å². The van der Waals surface area contributed by atoms with E-state index < -0.39 is 0 Å². The minimum atomic E-state index is -0.308. The van der Waals surface area contributed by atoms with Crippen molar-refractivity contribution in [3.8, 4) is 5.69 Å². The fourth-order valence-electron chi connectivity index (χ4n) is 4.72. The van der Waals surface area contributed by atoms with Crippen LogP contribution in [0.25, 0.3) is 11.8 Å². The maximum Gasteiger partial charge on any atom is 0.123 e. The zero-order chi connectivity index (χ0) is 18.3. The number of aliphatic hydroxyl groups is 1. The molecule has 1 N–H and O–H groups in total. The standard InChI is InChI=1S/C22H25FN2O/c1-3-4-20(26)11-16-5-6-17-12-21-15(13-22(16,17)2)14-24-25(21)19-9-7-18(23)8-10-19/h3,7-10,12,14,16,20,26H,1,4-6,11,13H2,2H3/t16-,20-,22-/m1/s1. The van der Waals surface area contributed by atoms with E-state index in [0.29, 0.717) is 12.3 Å². The minimum Gasteiger partial charge on any atom is -0.393 e. The van der Waals surface area contributed by atoms with E-state index in [1.807, 2.05) is 10.9 Å². The highest BCUT2D eigenvalue weighted by Crippen LogP contribution is 2.54. The molecule has 2 aliphatic carbocycles. The summed E-state index contributed by atoms with van der Waals surface area (Å²) in [5.74, 6) is 0.239. The number of benzene rings is 1. The first-order valence-corrected chi connectivity index (χ1v) is 9.34. The Morgan fingerprint density at radius 2 is 2.19 bits per heavy atom. The first-order valence-electron chi connectivity index (χ1n) is 9.34. The van der Waals surface area contributed by atoms with Gasteiger partial charge >= 0.3 is 0 Å². The van der Waals surface area contributed by atoms with Gasteiger partial charge in [-0.2, -0.15) is 5.10 Å². The summed E-state index contributed by atoms with van der Waals surface area (Å²) in [6.07, 6.45) is 10.3. The molecular weight excluding hydrogens is 327 g/mol. The van der Waals surface area contributed by atoms with Crippen LogP contribution in [0, 0.1) is 17.2 Å². The average Bonchev–Trinajstić information content (AvgIpc) is 3.14. The molecule has 2 aromatic rings. The van der Waals surface area contributed by atoms with Crippen molar-refractivity contribution in [2.75, 3.05) is 0 Å². The Balaban J connectivity index is 1.64. The number of hydrogen-bond acceptors (Lipinski definition) is 2. The van der Waals surface area contributed by atoms with Gasteiger partial charge in [0.2, 0.25) is 0 Å². The molecule has 1 aromatic heterocycles. The molecule has 0 unspecified atom stereocenters. The number of nitrogens with zero attached hydrogens (tertiary/aromatic N) is 2. The van der Waals surface area contributed by atoms with Gasteiger partial charge in [0.15, 0.2) is 0 Å². The second-order valence-electron chi connectivity index (χ2n) is 7.86. The van der Waals surface area contributed by atoms with Crippen LogP contribution in [0.4, 0.5) is 4.39 Å². The van der Waals surface area contributed by atoms with E-state index >= 15 is 0 Å². The number of allylic oxidation sites excluding steroid dienone is 1. The van der Waals surface area contributed by atoms with Crippen LogP contribution in [-0.2, 0) is 6.42 Å². The summed E-state index contributed by atoms with van der Waals surface area (Å²) in [6.45, 7) is 6.06. The van der Waals surface area contributed by atoms with Gasteiger partial charge in [-0.05, 0) is 79.3 Å². The Morgan fingerprint density at radius 3 is 2.92 bits per heavy atom. The van der Waals surface area contributed by atoms with Crippen LogP contribution < -0.4 is 0 Å². The molecule has 4 rings (SSSR count). The molecule has 4 heteroatoms. The van der Waals surface area contributed by atoms with Crippen LogP contribution in [0.15, 0.2) is 48.7 Å². The largest absolute Gasteiger partial charge is 0.393 e. The van der Waals surface area contributed by atoms with E-state index in [1.165, 1.54) is 23.3 Å². The lowest BCUT2D eigenvalue weighted by molar-refractivity contribution is 0.114. The van der Waals surface area contributed by atoms with Crippen LogP contribution in [0.5, 0.6) is 0 Å². The van der Waals surface area contributed by atoms with Crippen LogP contribution in [0.2, 0.25) is 0 Å². The molecule has 0 aliphatic heterocycles. The lowest BCUT2D eigenvalue weighted by Crippen LogP contribution is -2.31. The van der Waals surface area contributed by atoms with E-state index in [-0.39, 0.29) is 17.3 Å². The van der Waals surface area contributed by atoms with Crippen LogP contribution >= 0.6 is 0 Å². The second-order valence-corrected chi connectivity index (χ2v) is 7.86. The summed E-state index contributed by atoms with van der Waals surface area (Å²) in [6, 6.07) is 6.46. The van der Waals surface area contributed by atoms with Crippen molar-refractivity contribution in [1.82, 2.24) is 9.78 Å². The van der Waals surface area contributed by atoms with E-state index in [0.717, 1.165) is 37.1 Å². The average molecular weight is 352 g/mol. The van der Waals surface area contributed by atoms with Crippen LogP contribution in [-0.4, -0.2) is 21.0 Å². The predicted octanol–water partition coefficient (Wildman–Crippen LogP) is 4.69. The third-order valence-electron chi connectivity index (χ3n) is 6.22. The maximum atomic E-state index is 13.2. The predicted molar refractivity (Wildman–Crippen MR) is 101 cm³/mol. The number of hydrogen-bond donors (Lipinski definition) is 1. The SMILES string of the molecule is C=CC[C@@H](O)C[C@H]1CCC2=Cc3c(cnn3-c3ccc(F)cc3)C[C@@]21C. The Kier molecular flexibility index (Phi) is 4.31. The zero-order valence-electron chi connectivity index (χ0n) is 15.2. The summed E-state index contributed by atoms with van der Waals surface area (Å²) in [4.78, 5) is 0. The maximum absolute atomic E-state index is 13.2. The van der Waals surface area contributed by atoms with Crippen molar-refractivity contribution in [3.63, 3.8) is 0 Å². The summed E-state index contributed by atoms with van der Waals surface area (Å²) < 4.78 is 15.1. The molecule has 136 valence electrons. The molecule has 3 nitrogen and oxygen atoms in total. The first-order chi connectivity index (χ1) is 12.5. The summed E-state index contributed by atoms with van der Waals surface area (Å²) in [5.41, 5.74) is 4.75. The molecule has 26 heavy (non-hydrogen) atoms. The molecule has 1 saturated carbocycles. The molecular formula is C22H25FN2O. The van der Waals surface area contributed by atoms with Crippen molar-refractivity contribution in [2.45, 2.75) is 45.1 Å². The van der Waals surface area contributed by atoms with Crippen molar-refractivity contribution >= 4 is 6.08 Å². The summed E-state index contributed by atoms with van der Waals surface area (Å²) in [5, 5.41) is 14.8. The molecule has 0 amide bonds. The lowest BCUT2D eigenvalue weighted by Gasteiger charge is -2.36. The monoisotopic (exact) mass is 352 g/mol. The van der Waals surface area contributed by atoms with E-state index in [2.05, 4.69) is 24.7 Å². The number of aliphatic hydroxyl groups excluding tert-OH is 1. The van der Waals surface area contributed by atoms with Gasteiger partial charge in [-0.1, -0.05) is 18.6 Å². The molecule has 2 aliphatic rings. The Hall–Kier alpha value is -2.20. The van der Waals surface area contributed by atoms with Gasteiger partial charge in [0.05, 0.1) is 23.7 Å². The lowest BCUT2D eigenvalue weighted by atomic mass is 9.68. The van der Waals surface area contributed by atoms with Gasteiger partial charge in [-0.15, -0.1) is 6.58 Å². The Labute approximate surface area is 153 Å². The number of fused-ring (bicyclic) bond motifs is 2. The second kappa shape index (κ2) is 6.51. The van der Waals surface area contributed by atoms with Gasteiger partial charge in [-0.25, -0.2) is 9.07 Å².